The fourth-order valence-electron chi connectivity index (χ4n) is 1.54. The molecule has 17 heavy (non-hydrogen) atoms. The highest BCUT2D eigenvalue weighted by Gasteiger charge is 2.10. The summed E-state index contributed by atoms with van der Waals surface area (Å²) in [7, 11) is 0. The third-order valence-corrected chi connectivity index (χ3v) is 2.42. The van der Waals surface area contributed by atoms with E-state index >= 15 is 0 Å². The first kappa shape index (κ1) is 13.6. The summed E-state index contributed by atoms with van der Waals surface area (Å²) in [4.78, 5) is 15.7. The van der Waals surface area contributed by atoms with Crippen molar-refractivity contribution in [3.63, 3.8) is 0 Å². The summed E-state index contributed by atoms with van der Waals surface area (Å²) in [6.45, 7) is 6.23. The number of aliphatic hydroxyl groups is 1. The molecule has 0 aromatic carbocycles. The lowest BCUT2D eigenvalue weighted by Crippen LogP contribution is -2.32. The number of pyridine rings is 1. The number of aliphatic hydroxyl groups excluding tert-OH is 1. The second-order valence-electron chi connectivity index (χ2n) is 4.68. The number of hydrogen-bond donors (Lipinski definition) is 2. The van der Waals surface area contributed by atoms with Gasteiger partial charge in [0.15, 0.2) is 0 Å². The van der Waals surface area contributed by atoms with E-state index in [1.807, 2.05) is 20.8 Å². The molecule has 1 aromatic rings. The molecule has 0 fully saturated rings. The van der Waals surface area contributed by atoms with E-state index in [0.717, 1.165) is 5.69 Å². The van der Waals surface area contributed by atoms with Crippen molar-refractivity contribution in [2.45, 2.75) is 33.3 Å². The highest BCUT2D eigenvalue weighted by atomic mass is 16.3. The molecule has 1 rings (SSSR count). The first-order valence-corrected chi connectivity index (χ1v) is 5.88. The normalized spacial score (nSPS) is 12.5. The molecule has 0 spiro atoms. The Bertz CT molecular complexity index is 360. The Balaban J connectivity index is 2.42. The number of nitrogens with zero attached hydrogens (tertiary/aromatic N) is 1. The molecular formula is C13H20N2O2. The SMILES string of the molecule is Cc1ccc(C(=O)NCC(O)CC(C)C)cn1. The number of carbonyl (C=O) groups excluding carboxylic acids is 1. The Hall–Kier alpha value is -1.42. The van der Waals surface area contributed by atoms with Crippen LogP contribution in [0.3, 0.4) is 0 Å². The Kier molecular flexibility index (Phi) is 5.10. The van der Waals surface area contributed by atoms with Gasteiger partial charge in [0.2, 0.25) is 0 Å². The monoisotopic (exact) mass is 236 g/mol. The third-order valence-electron chi connectivity index (χ3n) is 2.42. The van der Waals surface area contributed by atoms with E-state index in [1.54, 1.807) is 18.3 Å². The molecule has 0 aliphatic heterocycles. The van der Waals surface area contributed by atoms with Gasteiger partial charge in [-0.3, -0.25) is 9.78 Å². The number of nitrogens with one attached hydrogen (secondary N) is 1. The molecule has 1 unspecified atom stereocenters. The predicted octanol–water partition coefficient (Wildman–Crippen LogP) is 1.53. The maximum absolute atomic E-state index is 11.7. The molecular weight excluding hydrogens is 216 g/mol. The zero-order chi connectivity index (χ0) is 12.8. The van der Waals surface area contributed by atoms with Crippen molar-refractivity contribution in [2.24, 2.45) is 5.92 Å². The minimum absolute atomic E-state index is 0.194. The largest absolute Gasteiger partial charge is 0.391 e. The summed E-state index contributed by atoms with van der Waals surface area (Å²) >= 11 is 0. The van der Waals surface area contributed by atoms with Gasteiger partial charge in [0, 0.05) is 18.4 Å². The highest BCUT2D eigenvalue weighted by molar-refractivity contribution is 5.93. The molecule has 1 atom stereocenters. The molecule has 1 aromatic heterocycles. The number of carbonyl (C=O) groups is 1. The molecule has 0 aliphatic carbocycles. The number of rotatable bonds is 5. The first-order valence-electron chi connectivity index (χ1n) is 5.88. The number of aromatic nitrogens is 1. The van der Waals surface area contributed by atoms with Crippen LogP contribution >= 0.6 is 0 Å². The molecule has 0 aliphatic rings. The van der Waals surface area contributed by atoms with E-state index in [1.165, 1.54) is 0 Å². The molecule has 94 valence electrons. The van der Waals surface area contributed by atoms with Crippen molar-refractivity contribution < 1.29 is 9.90 Å². The van der Waals surface area contributed by atoms with Gasteiger partial charge in [-0.2, -0.15) is 0 Å². The van der Waals surface area contributed by atoms with Gasteiger partial charge < -0.3 is 10.4 Å². The third kappa shape index (κ3) is 4.95. The lowest BCUT2D eigenvalue weighted by Gasteiger charge is -2.13. The van der Waals surface area contributed by atoms with Gasteiger partial charge in [-0.05, 0) is 31.4 Å². The Morgan fingerprint density at radius 1 is 1.47 bits per heavy atom. The molecule has 0 bridgehead atoms. The van der Waals surface area contributed by atoms with Crippen LogP contribution in [0.1, 0.15) is 36.3 Å². The molecule has 0 saturated heterocycles. The summed E-state index contributed by atoms with van der Waals surface area (Å²) in [5.74, 6) is 0.225. The smallest absolute Gasteiger partial charge is 0.252 e. The summed E-state index contributed by atoms with van der Waals surface area (Å²) in [5, 5.41) is 12.3. The van der Waals surface area contributed by atoms with E-state index in [0.29, 0.717) is 17.9 Å². The summed E-state index contributed by atoms with van der Waals surface area (Å²) in [6, 6.07) is 3.52. The Labute approximate surface area is 102 Å². The lowest BCUT2D eigenvalue weighted by atomic mass is 10.1. The Morgan fingerprint density at radius 2 is 2.18 bits per heavy atom. The maximum Gasteiger partial charge on any atom is 0.252 e. The van der Waals surface area contributed by atoms with E-state index in [9.17, 15) is 9.90 Å². The van der Waals surface area contributed by atoms with Crippen molar-refractivity contribution in [3.8, 4) is 0 Å². The minimum Gasteiger partial charge on any atom is -0.391 e. The van der Waals surface area contributed by atoms with Crippen molar-refractivity contribution in [1.29, 1.82) is 0 Å². The van der Waals surface area contributed by atoms with Crippen LogP contribution in [0.5, 0.6) is 0 Å². The second kappa shape index (κ2) is 6.35. The predicted molar refractivity (Wildman–Crippen MR) is 66.8 cm³/mol. The zero-order valence-corrected chi connectivity index (χ0v) is 10.6. The van der Waals surface area contributed by atoms with Crippen LogP contribution in [0.15, 0.2) is 18.3 Å². The van der Waals surface area contributed by atoms with Crippen LogP contribution < -0.4 is 5.32 Å². The van der Waals surface area contributed by atoms with Crippen LogP contribution in [0, 0.1) is 12.8 Å². The van der Waals surface area contributed by atoms with E-state index in [-0.39, 0.29) is 12.5 Å². The molecule has 0 radical (unpaired) electrons. The molecule has 1 amide bonds. The molecule has 4 nitrogen and oxygen atoms in total. The van der Waals surface area contributed by atoms with E-state index < -0.39 is 6.10 Å². The fraction of sp³-hybridized carbons (Fsp3) is 0.538. The van der Waals surface area contributed by atoms with Gasteiger partial charge in [-0.1, -0.05) is 13.8 Å². The summed E-state index contributed by atoms with van der Waals surface area (Å²) < 4.78 is 0. The van der Waals surface area contributed by atoms with E-state index in [2.05, 4.69) is 10.3 Å². The van der Waals surface area contributed by atoms with Gasteiger partial charge in [0.1, 0.15) is 0 Å². The molecule has 4 heteroatoms. The number of aryl methyl sites for hydroxylation is 1. The van der Waals surface area contributed by atoms with Gasteiger partial charge in [-0.15, -0.1) is 0 Å². The van der Waals surface area contributed by atoms with Crippen LogP contribution in [-0.2, 0) is 0 Å². The fourth-order valence-corrected chi connectivity index (χ4v) is 1.54. The van der Waals surface area contributed by atoms with Gasteiger partial charge in [0.05, 0.1) is 11.7 Å². The molecule has 0 saturated carbocycles. The quantitative estimate of drug-likeness (QED) is 0.815. The lowest BCUT2D eigenvalue weighted by molar-refractivity contribution is 0.0900. The maximum atomic E-state index is 11.7. The van der Waals surface area contributed by atoms with Crippen molar-refractivity contribution >= 4 is 5.91 Å². The second-order valence-corrected chi connectivity index (χ2v) is 4.68. The summed E-state index contributed by atoms with van der Waals surface area (Å²) in [6.07, 6.45) is 1.74. The molecule has 1 heterocycles. The topological polar surface area (TPSA) is 62.2 Å². The van der Waals surface area contributed by atoms with Crippen LogP contribution in [0.2, 0.25) is 0 Å². The summed E-state index contributed by atoms with van der Waals surface area (Å²) in [5.41, 5.74) is 1.40. The average Bonchev–Trinajstić information content (AvgIpc) is 2.26. The van der Waals surface area contributed by atoms with E-state index in [4.69, 9.17) is 0 Å². The first-order chi connectivity index (χ1) is 7.99. The van der Waals surface area contributed by atoms with Gasteiger partial charge in [0.25, 0.3) is 5.91 Å². The van der Waals surface area contributed by atoms with Crippen molar-refractivity contribution in [2.75, 3.05) is 6.54 Å². The highest BCUT2D eigenvalue weighted by Crippen LogP contribution is 2.04. The van der Waals surface area contributed by atoms with Gasteiger partial charge in [-0.25, -0.2) is 0 Å². The average molecular weight is 236 g/mol. The number of amides is 1. The molecule has 2 N–H and O–H groups in total. The van der Waals surface area contributed by atoms with Crippen molar-refractivity contribution in [3.05, 3.63) is 29.6 Å². The zero-order valence-electron chi connectivity index (χ0n) is 10.6. The van der Waals surface area contributed by atoms with Crippen LogP contribution in [-0.4, -0.2) is 28.6 Å². The number of hydrogen-bond acceptors (Lipinski definition) is 3. The van der Waals surface area contributed by atoms with Crippen LogP contribution in [0.4, 0.5) is 0 Å². The van der Waals surface area contributed by atoms with Gasteiger partial charge >= 0.3 is 0 Å². The van der Waals surface area contributed by atoms with Crippen LogP contribution in [0.25, 0.3) is 0 Å². The van der Waals surface area contributed by atoms with Crippen molar-refractivity contribution in [1.82, 2.24) is 10.3 Å². The standard InChI is InChI=1S/C13H20N2O2/c1-9(2)6-12(16)8-15-13(17)11-5-4-10(3)14-7-11/h4-5,7,9,12,16H,6,8H2,1-3H3,(H,15,17). The minimum atomic E-state index is -0.489. The Morgan fingerprint density at radius 3 is 2.71 bits per heavy atom.